The Bertz CT molecular complexity index is 338. The van der Waals surface area contributed by atoms with Crippen molar-refractivity contribution in [3.8, 4) is 0 Å². The quantitative estimate of drug-likeness (QED) is 0.516. The van der Waals surface area contributed by atoms with Crippen LogP contribution in [0, 0.1) is 0 Å². The first-order chi connectivity index (χ1) is 7.13. The van der Waals surface area contributed by atoms with Crippen LogP contribution in [-0.2, 0) is 6.54 Å². The molecule has 0 bridgehead atoms. The van der Waals surface area contributed by atoms with Crippen LogP contribution in [0.3, 0.4) is 0 Å². The summed E-state index contributed by atoms with van der Waals surface area (Å²) in [6.45, 7) is 3.41. The van der Waals surface area contributed by atoms with Crippen LogP contribution in [0.2, 0.25) is 5.02 Å². The van der Waals surface area contributed by atoms with E-state index < -0.39 is 0 Å². The normalized spacial score (nSPS) is 10.8. The van der Waals surface area contributed by atoms with Crippen LogP contribution in [0.1, 0.15) is 12.5 Å². The van der Waals surface area contributed by atoms with Gasteiger partial charge in [-0.1, -0.05) is 23.7 Å². The number of guanidine groups is 1. The summed E-state index contributed by atoms with van der Waals surface area (Å²) in [6.07, 6.45) is 0. The molecule has 0 aromatic heterocycles. The summed E-state index contributed by atoms with van der Waals surface area (Å²) >= 11 is 5.80. The SMILES string of the molecule is CCN=C(N)N(C)Cc1ccc(Cl)cc1.I. The number of nitrogens with zero attached hydrogens (tertiary/aromatic N) is 2. The highest BCUT2D eigenvalue weighted by atomic mass is 127. The molecule has 0 radical (unpaired) electrons. The minimum Gasteiger partial charge on any atom is -0.370 e. The zero-order chi connectivity index (χ0) is 11.3. The van der Waals surface area contributed by atoms with Crippen LogP contribution in [0.15, 0.2) is 29.3 Å². The lowest BCUT2D eigenvalue weighted by atomic mass is 10.2. The summed E-state index contributed by atoms with van der Waals surface area (Å²) in [5, 5.41) is 0.747. The van der Waals surface area contributed by atoms with E-state index in [1.54, 1.807) is 0 Å². The molecule has 0 unspecified atom stereocenters. The molecule has 90 valence electrons. The van der Waals surface area contributed by atoms with Gasteiger partial charge in [0.2, 0.25) is 0 Å². The van der Waals surface area contributed by atoms with Crippen molar-refractivity contribution in [1.29, 1.82) is 0 Å². The van der Waals surface area contributed by atoms with Crippen LogP contribution in [0.5, 0.6) is 0 Å². The van der Waals surface area contributed by atoms with Gasteiger partial charge in [-0.05, 0) is 24.6 Å². The topological polar surface area (TPSA) is 41.6 Å². The number of hydrogen-bond donors (Lipinski definition) is 1. The van der Waals surface area contributed by atoms with Gasteiger partial charge >= 0.3 is 0 Å². The Balaban J connectivity index is 0.00000225. The third kappa shape index (κ3) is 5.03. The maximum absolute atomic E-state index is 5.80. The zero-order valence-electron chi connectivity index (χ0n) is 9.48. The molecule has 0 saturated heterocycles. The third-order valence-corrected chi connectivity index (χ3v) is 2.30. The summed E-state index contributed by atoms with van der Waals surface area (Å²) in [5.41, 5.74) is 6.92. The Hall–Kier alpha value is -0.490. The van der Waals surface area contributed by atoms with Gasteiger partial charge in [0.05, 0.1) is 0 Å². The predicted octanol–water partition coefficient (Wildman–Crippen LogP) is 2.72. The fourth-order valence-electron chi connectivity index (χ4n) is 1.23. The predicted molar refractivity (Wildman–Crippen MR) is 80.5 cm³/mol. The van der Waals surface area contributed by atoms with Gasteiger partial charge in [0.1, 0.15) is 0 Å². The Morgan fingerprint density at radius 2 is 1.94 bits per heavy atom. The molecule has 0 aliphatic heterocycles. The van der Waals surface area contributed by atoms with Crippen LogP contribution >= 0.6 is 35.6 Å². The molecule has 0 fully saturated rings. The van der Waals surface area contributed by atoms with Gasteiger partial charge in [0.25, 0.3) is 0 Å². The fourth-order valence-corrected chi connectivity index (χ4v) is 1.35. The van der Waals surface area contributed by atoms with Crippen molar-refractivity contribution >= 4 is 41.5 Å². The molecule has 0 aliphatic carbocycles. The first-order valence-electron chi connectivity index (χ1n) is 4.89. The summed E-state index contributed by atoms with van der Waals surface area (Å²) in [7, 11) is 1.92. The molecule has 5 heteroatoms. The lowest BCUT2D eigenvalue weighted by molar-refractivity contribution is 0.492. The van der Waals surface area contributed by atoms with E-state index in [1.807, 2.05) is 43.1 Å². The molecule has 0 atom stereocenters. The minimum atomic E-state index is 0. The highest BCUT2D eigenvalue weighted by Crippen LogP contribution is 2.10. The van der Waals surface area contributed by atoms with Gasteiger partial charge in [-0.2, -0.15) is 0 Å². The molecule has 3 nitrogen and oxygen atoms in total. The van der Waals surface area contributed by atoms with Crippen LogP contribution < -0.4 is 5.73 Å². The molecule has 0 heterocycles. The largest absolute Gasteiger partial charge is 0.370 e. The Labute approximate surface area is 119 Å². The van der Waals surface area contributed by atoms with E-state index in [0.29, 0.717) is 12.5 Å². The first-order valence-corrected chi connectivity index (χ1v) is 5.26. The highest BCUT2D eigenvalue weighted by Gasteiger charge is 2.02. The van der Waals surface area contributed by atoms with Gasteiger partial charge < -0.3 is 10.6 Å². The second-order valence-corrected chi connectivity index (χ2v) is 3.75. The van der Waals surface area contributed by atoms with Crippen molar-refractivity contribution in [2.45, 2.75) is 13.5 Å². The van der Waals surface area contributed by atoms with E-state index in [4.69, 9.17) is 17.3 Å². The van der Waals surface area contributed by atoms with Crippen LogP contribution in [0.25, 0.3) is 0 Å². The van der Waals surface area contributed by atoms with E-state index >= 15 is 0 Å². The molecule has 2 N–H and O–H groups in total. The van der Waals surface area contributed by atoms with Crippen LogP contribution in [-0.4, -0.2) is 24.5 Å². The average molecular weight is 354 g/mol. The highest BCUT2D eigenvalue weighted by molar-refractivity contribution is 14.0. The maximum atomic E-state index is 5.80. The molecule has 0 amide bonds. The average Bonchev–Trinajstić information content (AvgIpc) is 2.22. The van der Waals surface area contributed by atoms with Crippen molar-refractivity contribution < 1.29 is 0 Å². The minimum absolute atomic E-state index is 0. The molecule has 1 aromatic rings. The standard InChI is InChI=1S/C11H16ClN3.HI/c1-3-14-11(13)15(2)8-9-4-6-10(12)7-5-9;/h4-7H,3,8H2,1-2H3,(H2,13,14);1H. The Morgan fingerprint density at radius 3 is 2.44 bits per heavy atom. The van der Waals surface area contributed by atoms with Crippen molar-refractivity contribution in [2.24, 2.45) is 10.7 Å². The lowest BCUT2D eigenvalue weighted by Gasteiger charge is -2.17. The number of aliphatic imine (C=N–C) groups is 1. The van der Waals surface area contributed by atoms with E-state index in [1.165, 1.54) is 0 Å². The Kier molecular flexibility index (Phi) is 7.49. The number of hydrogen-bond acceptors (Lipinski definition) is 1. The molecule has 0 aliphatic rings. The molecular formula is C11H17ClIN3. The number of rotatable bonds is 3. The van der Waals surface area contributed by atoms with Crippen LogP contribution in [0.4, 0.5) is 0 Å². The molecule has 16 heavy (non-hydrogen) atoms. The molecule has 1 rings (SSSR count). The number of nitrogens with two attached hydrogens (primary N) is 1. The number of benzene rings is 1. The summed E-state index contributed by atoms with van der Waals surface area (Å²) in [5.74, 6) is 0.562. The van der Waals surface area contributed by atoms with Crippen molar-refractivity contribution in [3.63, 3.8) is 0 Å². The Morgan fingerprint density at radius 1 is 1.38 bits per heavy atom. The van der Waals surface area contributed by atoms with E-state index in [2.05, 4.69) is 4.99 Å². The second kappa shape index (κ2) is 7.73. The van der Waals surface area contributed by atoms with Gasteiger partial charge in [-0.25, -0.2) is 0 Å². The fraction of sp³-hybridized carbons (Fsp3) is 0.364. The van der Waals surface area contributed by atoms with E-state index in [0.717, 1.165) is 17.1 Å². The van der Waals surface area contributed by atoms with E-state index in [9.17, 15) is 0 Å². The van der Waals surface area contributed by atoms with Gasteiger partial charge in [-0.15, -0.1) is 24.0 Å². The smallest absolute Gasteiger partial charge is 0.191 e. The van der Waals surface area contributed by atoms with Gasteiger partial charge in [0, 0.05) is 25.2 Å². The van der Waals surface area contributed by atoms with Gasteiger partial charge in [0.15, 0.2) is 5.96 Å². The number of halogens is 2. The van der Waals surface area contributed by atoms with Gasteiger partial charge in [-0.3, -0.25) is 4.99 Å². The monoisotopic (exact) mass is 353 g/mol. The van der Waals surface area contributed by atoms with Crippen molar-refractivity contribution in [1.82, 2.24) is 4.90 Å². The molecule has 0 saturated carbocycles. The van der Waals surface area contributed by atoms with E-state index in [-0.39, 0.29) is 24.0 Å². The van der Waals surface area contributed by atoms with Crippen molar-refractivity contribution in [3.05, 3.63) is 34.9 Å². The molecule has 1 aromatic carbocycles. The summed E-state index contributed by atoms with van der Waals surface area (Å²) in [6, 6.07) is 7.71. The molecular weight excluding hydrogens is 336 g/mol. The zero-order valence-corrected chi connectivity index (χ0v) is 12.6. The summed E-state index contributed by atoms with van der Waals surface area (Å²) in [4.78, 5) is 6.04. The lowest BCUT2D eigenvalue weighted by Crippen LogP contribution is -2.33. The first kappa shape index (κ1) is 15.5. The van der Waals surface area contributed by atoms with Crippen molar-refractivity contribution in [2.75, 3.05) is 13.6 Å². The third-order valence-electron chi connectivity index (χ3n) is 2.04. The summed E-state index contributed by atoms with van der Waals surface area (Å²) < 4.78 is 0. The molecule has 0 spiro atoms. The second-order valence-electron chi connectivity index (χ2n) is 3.32. The maximum Gasteiger partial charge on any atom is 0.191 e.